The molecule has 1 heterocycles. The number of aromatic nitrogens is 2. The number of carboxylic acids is 1. The number of nitrogens with one attached hydrogen (secondary N) is 1. The van der Waals surface area contributed by atoms with Crippen molar-refractivity contribution < 1.29 is 37.3 Å². The van der Waals surface area contributed by atoms with Gasteiger partial charge in [-0.3, -0.25) is 14.3 Å². The molecule has 1 unspecified atom stereocenters. The molecule has 0 bridgehead atoms. The third kappa shape index (κ3) is 6.98. The van der Waals surface area contributed by atoms with E-state index in [4.69, 9.17) is 19.7 Å². The van der Waals surface area contributed by atoms with Crippen LogP contribution in [0.1, 0.15) is 47.8 Å². The minimum Gasteiger partial charge on any atom is -0.497 e. The minimum absolute atomic E-state index is 0.00353. The normalized spacial score (nSPS) is 12.1. The Hall–Kier alpha value is -5.32. The number of alkyl halides is 3. The number of carbonyl (C=O) groups is 2. The highest BCUT2D eigenvalue weighted by molar-refractivity contribution is 5.94. The van der Waals surface area contributed by atoms with Crippen LogP contribution in [0.25, 0.3) is 33.3 Å². The van der Waals surface area contributed by atoms with Crippen LogP contribution in [0.5, 0.6) is 11.5 Å². The van der Waals surface area contributed by atoms with E-state index in [1.54, 1.807) is 49.0 Å². The fourth-order valence-corrected chi connectivity index (χ4v) is 5.17. The van der Waals surface area contributed by atoms with Crippen LogP contribution in [0.3, 0.4) is 0 Å². The molecular formula is C35H32F3N3O5. The van der Waals surface area contributed by atoms with Gasteiger partial charge in [0.2, 0.25) is 0 Å². The van der Waals surface area contributed by atoms with Gasteiger partial charge in [0.15, 0.2) is 0 Å². The van der Waals surface area contributed by atoms with Gasteiger partial charge < -0.3 is 19.9 Å². The number of hydrogen-bond acceptors (Lipinski definition) is 5. The molecule has 0 radical (unpaired) electrons. The molecule has 238 valence electrons. The number of carboxylic acid groups (broad SMARTS) is 1. The van der Waals surface area contributed by atoms with E-state index in [0.717, 1.165) is 34.0 Å². The van der Waals surface area contributed by atoms with Gasteiger partial charge in [-0.05, 0) is 84.8 Å². The number of methoxy groups -OCH3 is 1. The van der Waals surface area contributed by atoms with Crippen LogP contribution in [0, 0.1) is 0 Å². The molecule has 0 fully saturated rings. The van der Waals surface area contributed by atoms with Crippen molar-refractivity contribution in [3.8, 4) is 34.0 Å². The lowest BCUT2D eigenvalue weighted by Crippen LogP contribution is -2.26. The zero-order valence-electron chi connectivity index (χ0n) is 25.4. The summed E-state index contributed by atoms with van der Waals surface area (Å²) in [7, 11) is 1.60. The van der Waals surface area contributed by atoms with Gasteiger partial charge in [0, 0.05) is 23.2 Å². The number of aliphatic carboxylic acids is 1. The standard InChI is InChI=1S/C35H32F3N3O5/c1-4-46-32-14-12-27(35(36,37)38)19-29(32)30-20-31(26-10-9-25-18-28(45-3)13-11-24(25)17-26)41(40-30)21(2)22-5-7-23(8-6-22)34(44)39-16-15-33(42)43/h5-14,17-21H,4,15-16H2,1-3H3,(H,39,44)(H,42,43). The second kappa shape index (κ2) is 13.4. The summed E-state index contributed by atoms with van der Waals surface area (Å²) in [6.07, 6.45) is -4.75. The molecule has 46 heavy (non-hydrogen) atoms. The van der Waals surface area contributed by atoms with Gasteiger partial charge in [0.05, 0.1) is 43.1 Å². The first-order chi connectivity index (χ1) is 22.0. The quantitative estimate of drug-likeness (QED) is 0.156. The number of ether oxygens (including phenoxy) is 2. The second-order valence-electron chi connectivity index (χ2n) is 10.6. The van der Waals surface area contributed by atoms with Crippen LogP contribution < -0.4 is 14.8 Å². The SMILES string of the molecule is CCOc1ccc(C(F)(F)F)cc1-c1cc(-c2ccc3cc(OC)ccc3c2)n(C(C)c2ccc(C(=O)NCCC(=O)O)cc2)n1. The minimum atomic E-state index is -4.56. The van der Waals surface area contributed by atoms with Crippen molar-refractivity contribution in [3.05, 3.63) is 102 Å². The molecule has 0 aliphatic carbocycles. The van der Waals surface area contributed by atoms with Crippen LogP contribution in [-0.4, -0.2) is 47.0 Å². The highest BCUT2D eigenvalue weighted by atomic mass is 19.4. The molecule has 2 N–H and O–H groups in total. The van der Waals surface area contributed by atoms with E-state index in [2.05, 4.69) is 5.32 Å². The van der Waals surface area contributed by atoms with Crippen molar-refractivity contribution >= 4 is 22.6 Å². The van der Waals surface area contributed by atoms with Gasteiger partial charge in [-0.15, -0.1) is 0 Å². The maximum atomic E-state index is 13.8. The summed E-state index contributed by atoms with van der Waals surface area (Å²) in [6, 6.07) is 23.1. The lowest BCUT2D eigenvalue weighted by molar-refractivity contribution is -0.138. The average molecular weight is 632 g/mol. The Morgan fingerprint density at radius 1 is 0.957 bits per heavy atom. The summed E-state index contributed by atoms with van der Waals surface area (Å²) in [4.78, 5) is 23.3. The van der Waals surface area contributed by atoms with E-state index >= 15 is 0 Å². The molecule has 1 amide bonds. The highest BCUT2D eigenvalue weighted by Crippen LogP contribution is 2.39. The van der Waals surface area contributed by atoms with Crippen molar-refractivity contribution in [1.29, 1.82) is 0 Å². The molecule has 8 nitrogen and oxygen atoms in total. The summed E-state index contributed by atoms with van der Waals surface area (Å²) in [6.45, 7) is 3.92. The maximum absolute atomic E-state index is 13.8. The molecule has 4 aromatic carbocycles. The third-order valence-electron chi connectivity index (χ3n) is 7.61. The molecule has 5 aromatic rings. The number of fused-ring (bicyclic) bond motifs is 1. The Balaban J connectivity index is 1.59. The Kier molecular flexibility index (Phi) is 9.31. The molecular weight excluding hydrogens is 599 g/mol. The summed E-state index contributed by atoms with van der Waals surface area (Å²) < 4.78 is 54.1. The number of hydrogen-bond donors (Lipinski definition) is 2. The monoisotopic (exact) mass is 631 g/mol. The topological polar surface area (TPSA) is 103 Å². The molecule has 0 aliphatic heterocycles. The van der Waals surface area contributed by atoms with Crippen molar-refractivity contribution in [2.45, 2.75) is 32.5 Å². The molecule has 0 aliphatic rings. The van der Waals surface area contributed by atoms with Crippen LogP contribution in [0.15, 0.2) is 84.9 Å². The Bertz CT molecular complexity index is 1880. The van der Waals surface area contributed by atoms with Crippen LogP contribution >= 0.6 is 0 Å². The molecule has 0 saturated carbocycles. The maximum Gasteiger partial charge on any atom is 0.416 e. The van der Waals surface area contributed by atoms with Crippen molar-refractivity contribution in [2.24, 2.45) is 0 Å². The first kappa shape index (κ1) is 32.1. The summed E-state index contributed by atoms with van der Waals surface area (Å²) in [5, 5.41) is 18.1. The van der Waals surface area contributed by atoms with Gasteiger partial charge in [0.25, 0.3) is 5.91 Å². The lowest BCUT2D eigenvalue weighted by Gasteiger charge is -2.17. The van der Waals surface area contributed by atoms with E-state index in [9.17, 15) is 22.8 Å². The fourth-order valence-electron chi connectivity index (χ4n) is 5.17. The van der Waals surface area contributed by atoms with E-state index in [0.29, 0.717) is 22.7 Å². The fraction of sp³-hybridized carbons (Fsp3) is 0.229. The van der Waals surface area contributed by atoms with Crippen LogP contribution in [0.4, 0.5) is 13.2 Å². The van der Waals surface area contributed by atoms with Gasteiger partial charge in [0.1, 0.15) is 11.5 Å². The number of carbonyl (C=O) groups excluding carboxylic acids is 1. The molecule has 11 heteroatoms. The van der Waals surface area contributed by atoms with Crippen LogP contribution in [0.2, 0.25) is 0 Å². The largest absolute Gasteiger partial charge is 0.497 e. The summed E-state index contributed by atoms with van der Waals surface area (Å²) >= 11 is 0. The smallest absolute Gasteiger partial charge is 0.416 e. The molecule has 5 rings (SSSR count). The predicted molar refractivity (Wildman–Crippen MR) is 168 cm³/mol. The number of amides is 1. The number of rotatable bonds is 11. The zero-order valence-corrected chi connectivity index (χ0v) is 25.4. The van der Waals surface area contributed by atoms with Gasteiger partial charge in [-0.25, -0.2) is 0 Å². The third-order valence-corrected chi connectivity index (χ3v) is 7.61. The molecule has 0 spiro atoms. The van der Waals surface area contributed by atoms with Gasteiger partial charge in [-0.2, -0.15) is 18.3 Å². The van der Waals surface area contributed by atoms with Crippen molar-refractivity contribution in [2.75, 3.05) is 20.3 Å². The average Bonchev–Trinajstić information content (AvgIpc) is 3.49. The number of halogens is 3. The van der Waals surface area contributed by atoms with E-state index in [1.165, 1.54) is 6.07 Å². The highest BCUT2D eigenvalue weighted by Gasteiger charge is 2.32. The second-order valence-corrected chi connectivity index (χ2v) is 10.6. The molecule has 1 aromatic heterocycles. The molecule has 1 atom stereocenters. The number of benzene rings is 4. The van der Waals surface area contributed by atoms with Gasteiger partial charge in [-0.1, -0.05) is 30.3 Å². The predicted octanol–water partition coefficient (Wildman–Crippen LogP) is 7.61. The van der Waals surface area contributed by atoms with Gasteiger partial charge >= 0.3 is 12.1 Å². The summed E-state index contributed by atoms with van der Waals surface area (Å²) in [5.74, 6) is -0.414. The first-order valence-corrected chi connectivity index (χ1v) is 14.6. The van der Waals surface area contributed by atoms with Crippen molar-refractivity contribution in [3.63, 3.8) is 0 Å². The Morgan fingerprint density at radius 3 is 2.35 bits per heavy atom. The van der Waals surface area contributed by atoms with E-state index in [-0.39, 0.29) is 30.9 Å². The Morgan fingerprint density at radius 2 is 1.67 bits per heavy atom. The van der Waals surface area contributed by atoms with E-state index in [1.807, 2.05) is 43.3 Å². The number of nitrogens with zero attached hydrogens (tertiary/aromatic N) is 2. The lowest BCUT2D eigenvalue weighted by atomic mass is 10.0. The van der Waals surface area contributed by atoms with Crippen LogP contribution in [-0.2, 0) is 11.0 Å². The Labute approximate surface area is 263 Å². The zero-order chi connectivity index (χ0) is 33.0. The van der Waals surface area contributed by atoms with E-state index < -0.39 is 29.7 Å². The van der Waals surface area contributed by atoms with Crippen molar-refractivity contribution in [1.82, 2.24) is 15.1 Å². The first-order valence-electron chi connectivity index (χ1n) is 14.6. The molecule has 0 saturated heterocycles. The summed E-state index contributed by atoms with van der Waals surface area (Å²) in [5.41, 5.74) is 2.31.